The maximum Gasteiger partial charge on any atom is 0.117 e. The number of nitrogens with one attached hydrogen (secondary N) is 1. The van der Waals surface area contributed by atoms with E-state index < -0.39 is 0 Å². The molecule has 0 spiro atoms. The van der Waals surface area contributed by atoms with Crippen molar-refractivity contribution < 1.29 is 38.4 Å². The Labute approximate surface area is 135 Å². The average Bonchev–Trinajstić information content (AvgIpc) is 2.83. The number of anilines is 1. The molecular formula is C14H18Br2N2O-2. The lowest BCUT2D eigenvalue weighted by Crippen LogP contribution is -3.00. The third-order valence-corrected chi connectivity index (χ3v) is 2.66. The Morgan fingerprint density at radius 1 is 1.00 bits per heavy atom. The summed E-state index contributed by atoms with van der Waals surface area (Å²) in [6.45, 7) is 1.62. The van der Waals surface area contributed by atoms with Crippen molar-refractivity contribution in [2.75, 3.05) is 19.0 Å². The van der Waals surface area contributed by atoms with Crippen LogP contribution in [0.15, 0.2) is 47.1 Å². The summed E-state index contributed by atoms with van der Waals surface area (Å²) in [6.07, 6.45) is 1.70. The fourth-order valence-corrected chi connectivity index (χ4v) is 1.66. The first-order valence-electron chi connectivity index (χ1n) is 5.75. The standard InChI is InChI=1S/C14H18N2O.2BrH/c1-16(2)13-7-5-12(6-8-13)10-15-11-14-4-3-9-17-14;;/h3-9,15H,10-11H2,1-2H3;2*1H/p-2. The van der Waals surface area contributed by atoms with Crippen LogP contribution in [0, 0.1) is 0 Å². The molecule has 2 aromatic rings. The molecule has 0 fully saturated rings. The van der Waals surface area contributed by atoms with Gasteiger partial charge in [0.15, 0.2) is 0 Å². The fourth-order valence-electron chi connectivity index (χ4n) is 1.66. The van der Waals surface area contributed by atoms with E-state index in [0.717, 1.165) is 18.8 Å². The summed E-state index contributed by atoms with van der Waals surface area (Å²) in [5, 5.41) is 3.35. The fraction of sp³-hybridized carbons (Fsp3) is 0.286. The third kappa shape index (κ3) is 5.80. The lowest BCUT2D eigenvalue weighted by atomic mass is 10.2. The summed E-state index contributed by atoms with van der Waals surface area (Å²) in [5.74, 6) is 0.968. The van der Waals surface area contributed by atoms with Crippen LogP contribution in [-0.4, -0.2) is 14.1 Å². The van der Waals surface area contributed by atoms with Gasteiger partial charge in [0.05, 0.1) is 12.8 Å². The molecule has 0 aliphatic heterocycles. The van der Waals surface area contributed by atoms with E-state index >= 15 is 0 Å². The molecule has 0 amide bonds. The Bertz CT molecular complexity index is 441. The molecule has 0 saturated carbocycles. The van der Waals surface area contributed by atoms with Crippen LogP contribution in [0.4, 0.5) is 5.69 Å². The summed E-state index contributed by atoms with van der Waals surface area (Å²) in [6, 6.07) is 12.4. The first kappa shape index (κ1) is 18.2. The first-order chi connectivity index (χ1) is 8.25. The molecule has 2 rings (SSSR count). The van der Waals surface area contributed by atoms with E-state index in [1.54, 1.807) is 6.26 Å². The number of furan rings is 1. The van der Waals surface area contributed by atoms with Crippen molar-refractivity contribution >= 4 is 5.69 Å². The number of benzene rings is 1. The molecule has 0 radical (unpaired) electrons. The molecule has 5 heteroatoms. The van der Waals surface area contributed by atoms with Crippen LogP contribution in [-0.2, 0) is 13.1 Å². The first-order valence-corrected chi connectivity index (χ1v) is 5.75. The van der Waals surface area contributed by atoms with Crippen LogP contribution in [0.3, 0.4) is 0 Å². The molecule has 1 heterocycles. The second-order valence-corrected chi connectivity index (χ2v) is 4.24. The molecule has 1 aromatic heterocycles. The highest BCUT2D eigenvalue weighted by Crippen LogP contribution is 2.12. The summed E-state index contributed by atoms with van der Waals surface area (Å²) >= 11 is 0. The van der Waals surface area contributed by atoms with E-state index in [9.17, 15) is 0 Å². The summed E-state index contributed by atoms with van der Waals surface area (Å²) in [5.41, 5.74) is 2.50. The molecule has 0 saturated heterocycles. The van der Waals surface area contributed by atoms with E-state index in [-0.39, 0.29) is 34.0 Å². The van der Waals surface area contributed by atoms with Crippen LogP contribution < -0.4 is 44.2 Å². The van der Waals surface area contributed by atoms with Gasteiger partial charge in [-0.15, -0.1) is 0 Å². The van der Waals surface area contributed by atoms with Gasteiger partial charge in [0, 0.05) is 26.3 Å². The zero-order valence-corrected chi connectivity index (χ0v) is 14.2. The van der Waals surface area contributed by atoms with Crippen molar-refractivity contribution in [1.82, 2.24) is 5.32 Å². The molecule has 0 aliphatic rings. The van der Waals surface area contributed by atoms with Crippen molar-refractivity contribution in [3.63, 3.8) is 0 Å². The van der Waals surface area contributed by atoms with Gasteiger partial charge in [0.1, 0.15) is 5.76 Å². The van der Waals surface area contributed by atoms with Gasteiger partial charge in [-0.25, -0.2) is 0 Å². The highest BCUT2D eigenvalue weighted by Gasteiger charge is 1.97. The average molecular weight is 390 g/mol. The van der Waals surface area contributed by atoms with E-state index in [0.29, 0.717) is 0 Å². The van der Waals surface area contributed by atoms with Gasteiger partial charge in [0.2, 0.25) is 0 Å². The number of nitrogens with zero attached hydrogens (tertiary/aromatic N) is 1. The normalized spacial score (nSPS) is 9.37. The van der Waals surface area contributed by atoms with Crippen LogP contribution in [0.25, 0.3) is 0 Å². The van der Waals surface area contributed by atoms with Gasteiger partial charge in [0.25, 0.3) is 0 Å². The van der Waals surface area contributed by atoms with Crippen molar-refractivity contribution in [1.29, 1.82) is 0 Å². The largest absolute Gasteiger partial charge is 1.00 e. The van der Waals surface area contributed by atoms with Gasteiger partial charge < -0.3 is 48.6 Å². The monoisotopic (exact) mass is 388 g/mol. The third-order valence-electron chi connectivity index (χ3n) is 2.66. The second kappa shape index (κ2) is 9.18. The van der Waals surface area contributed by atoms with Crippen molar-refractivity contribution in [3.05, 3.63) is 54.0 Å². The SMILES string of the molecule is CN(C)c1ccc(CNCc2ccco2)cc1.[Br-].[Br-]. The van der Waals surface area contributed by atoms with Crippen molar-refractivity contribution in [2.45, 2.75) is 13.1 Å². The van der Waals surface area contributed by atoms with E-state index in [4.69, 9.17) is 4.42 Å². The number of hydrogen-bond acceptors (Lipinski definition) is 3. The summed E-state index contributed by atoms with van der Waals surface area (Å²) < 4.78 is 5.25. The van der Waals surface area contributed by atoms with E-state index in [1.807, 2.05) is 26.2 Å². The Balaban J connectivity index is 0.00000162. The molecule has 0 atom stereocenters. The molecule has 0 aliphatic carbocycles. The minimum Gasteiger partial charge on any atom is -1.00 e. The Morgan fingerprint density at radius 3 is 2.21 bits per heavy atom. The molecule has 1 aromatic carbocycles. The maximum atomic E-state index is 5.25. The predicted octanol–water partition coefficient (Wildman–Crippen LogP) is -3.36. The van der Waals surface area contributed by atoms with Gasteiger partial charge in [-0.1, -0.05) is 12.1 Å². The molecule has 106 valence electrons. The molecule has 1 N–H and O–H groups in total. The van der Waals surface area contributed by atoms with E-state index in [2.05, 4.69) is 34.5 Å². The Hall–Kier alpha value is -0.780. The Kier molecular flexibility index (Phi) is 8.80. The van der Waals surface area contributed by atoms with Gasteiger partial charge in [-0.2, -0.15) is 0 Å². The lowest BCUT2D eigenvalue weighted by Gasteiger charge is -2.12. The molecule has 0 unspecified atom stereocenters. The van der Waals surface area contributed by atoms with Crippen molar-refractivity contribution in [3.8, 4) is 0 Å². The van der Waals surface area contributed by atoms with Crippen molar-refractivity contribution in [2.24, 2.45) is 0 Å². The highest BCUT2D eigenvalue weighted by molar-refractivity contribution is 5.45. The number of hydrogen-bond donors (Lipinski definition) is 1. The van der Waals surface area contributed by atoms with E-state index in [1.165, 1.54) is 11.3 Å². The summed E-state index contributed by atoms with van der Waals surface area (Å²) in [4.78, 5) is 2.10. The zero-order valence-electron chi connectivity index (χ0n) is 11.1. The molecule has 3 nitrogen and oxygen atoms in total. The Morgan fingerprint density at radius 2 is 1.68 bits per heavy atom. The number of halogens is 2. The number of rotatable bonds is 5. The molecule has 0 bridgehead atoms. The smallest absolute Gasteiger partial charge is 0.117 e. The molecule has 19 heavy (non-hydrogen) atoms. The second-order valence-electron chi connectivity index (χ2n) is 4.24. The lowest BCUT2D eigenvalue weighted by molar-refractivity contribution is -0.00100. The zero-order chi connectivity index (χ0) is 12.1. The maximum absolute atomic E-state index is 5.25. The van der Waals surface area contributed by atoms with Gasteiger partial charge >= 0.3 is 0 Å². The van der Waals surface area contributed by atoms with Crippen LogP contribution in [0.2, 0.25) is 0 Å². The van der Waals surface area contributed by atoms with Crippen LogP contribution in [0.5, 0.6) is 0 Å². The van der Waals surface area contributed by atoms with Crippen LogP contribution in [0.1, 0.15) is 11.3 Å². The van der Waals surface area contributed by atoms with Gasteiger partial charge in [-0.3, -0.25) is 0 Å². The summed E-state index contributed by atoms with van der Waals surface area (Å²) in [7, 11) is 4.09. The topological polar surface area (TPSA) is 28.4 Å². The quantitative estimate of drug-likeness (QED) is 0.579. The predicted molar refractivity (Wildman–Crippen MR) is 70.0 cm³/mol. The highest BCUT2D eigenvalue weighted by atomic mass is 79.9. The van der Waals surface area contributed by atoms with Gasteiger partial charge in [-0.05, 0) is 29.8 Å². The van der Waals surface area contributed by atoms with Crippen LogP contribution >= 0.6 is 0 Å². The molecular weight excluding hydrogens is 372 g/mol. The minimum atomic E-state index is 0. The minimum absolute atomic E-state index is 0.